The number of carbonyl (C=O) groups excluding carboxylic acids is 1. The minimum Gasteiger partial charge on any atom is -0.384 e. The minimum atomic E-state index is -0.0632. The van der Waals surface area contributed by atoms with Crippen molar-refractivity contribution >= 4 is 5.91 Å². The Balaban J connectivity index is 2.02. The molecule has 0 unspecified atom stereocenters. The second-order valence-corrected chi connectivity index (χ2v) is 5.05. The van der Waals surface area contributed by atoms with Gasteiger partial charge in [-0.05, 0) is 24.3 Å². The van der Waals surface area contributed by atoms with Crippen LogP contribution in [0.15, 0.2) is 5.11 Å². The maximum absolute atomic E-state index is 11.8. The molecule has 2 atom stereocenters. The SMILES string of the molecule is COC[C@@]12CCC[C@H]1CN(C(=O)CN=[N+]=[N-])C2. The van der Waals surface area contributed by atoms with Gasteiger partial charge in [-0.2, -0.15) is 0 Å². The predicted molar refractivity (Wildman–Crippen MR) is 62.2 cm³/mol. The van der Waals surface area contributed by atoms with Crippen molar-refractivity contribution in [3.8, 4) is 0 Å². The number of azide groups is 1. The summed E-state index contributed by atoms with van der Waals surface area (Å²) in [6.07, 6.45) is 3.54. The molecule has 1 saturated heterocycles. The molecule has 0 aromatic heterocycles. The Labute approximate surface area is 101 Å². The summed E-state index contributed by atoms with van der Waals surface area (Å²) in [5.74, 6) is 0.491. The van der Waals surface area contributed by atoms with Gasteiger partial charge in [-0.3, -0.25) is 4.79 Å². The first kappa shape index (κ1) is 12.2. The Hall–Kier alpha value is -1.26. The minimum absolute atomic E-state index is 0.0623. The van der Waals surface area contributed by atoms with E-state index in [2.05, 4.69) is 10.0 Å². The summed E-state index contributed by atoms with van der Waals surface area (Å²) in [5, 5.41) is 3.34. The zero-order valence-electron chi connectivity index (χ0n) is 10.1. The number of carbonyl (C=O) groups is 1. The fourth-order valence-corrected chi connectivity index (χ4v) is 3.32. The van der Waals surface area contributed by atoms with Crippen LogP contribution in [-0.4, -0.2) is 44.2 Å². The molecule has 0 aromatic carbocycles. The van der Waals surface area contributed by atoms with Crippen LogP contribution in [0.5, 0.6) is 0 Å². The van der Waals surface area contributed by atoms with Crippen LogP contribution in [0.1, 0.15) is 19.3 Å². The van der Waals surface area contributed by atoms with Crippen LogP contribution in [-0.2, 0) is 9.53 Å². The van der Waals surface area contributed by atoms with Crippen LogP contribution in [0.25, 0.3) is 10.4 Å². The highest BCUT2D eigenvalue weighted by molar-refractivity contribution is 5.78. The Morgan fingerprint density at radius 3 is 3.24 bits per heavy atom. The second-order valence-electron chi connectivity index (χ2n) is 5.05. The summed E-state index contributed by atoms with van der Waals surface area (Å²) in [5.41, 5.74) is 8.38. The highest BCUT2D eigenvalue weighted by Gasteiger charge is 2.50. The van der Waals surface area contributed by atoms with Crippen molar-refractivity contribution in [1.82, 2.24) is 4.90 Å². The van der Waals surface area contributed by atoms with Crippen LogP contribution in [0.2, 0.25) is 0 Å². The molecule has 1 saturated carbocycles. The zero-order valence-corrected chi connectivity index (χ0v) is 10.1. The van der Waals surface area contributed by atoms with Crippen LogP contribution in [0.3, 0.4) is 0 Å². The molecule has 1 amide bonds. The largest absolute Gasteiger partial charge is 0.384 e. The molecule has 2 rings (SSSR count). The monoisotopic (exact) mass is 238 g/mol. The van der Waals surface area contributed by atoms with Crippen molar-refractivity contribution in [2.45, 2.75) is 19.3 Å². The Morgan fingerprint density at radius 1 is 1.71 bits per heavy atom. The van der Waals surface area contributed by atoms with E-state index < -0.39 is 0 Å². The number of hydrogen-bond donors (Lipinski definition) is 0. The maximum atomic E-state index is 11.8. The number of hydrogen-bond acceptors (Lipinski definition) is 3. The lowest BCUT2D eigenvalue weighted by Crippen LogP contribution is -2.35. The molecule has 1 aliphatic carbocycles. The van der Waals surface area contributed by atoms with E-state index in [1.807, 2.05) is 4.90 Å². The molecule has 17 heavy (non-hydrogen) atoms. The first-order chi connectivity index (χ1) is 8.22. The molecule has 0 radical (unpaired) electrons. The summed E-state index contributed by atoms with van der Waals surface area (Å²) in [6, 6.07) is 0. The first-order valence-electron chi connectivity index (χ1n) is 5.99. The molecular formula is C11H18N4O2. The summed E-state index contributed by atoms with van der Waals surface area (Å²) in [4.78, 5) is 16.3. The van der Waals surface area contributed by atoms with Gasteiger partial charge in [0.2, 0.25) is 5.91 Å². The maximum Gasteiger partial charge on any atom is 0.228 e. The normalized spacial score (nSPS) is 31.1. The van der Waals surface area contributed by atoms with Gasteiger partial charge in [-0.25, -0.2) is 0 Å². The second kappa shape index (κ2) is 4.94. The number of rotatable bonds is 4. The lowest BCUT2D eigenvalue weighted by Gasteiger charge is -2.27. The Bertz CT molecular complexity index is 353. The van der Waals surface area contributed by atoms with Gasteiger partial charge in [0.1, 0.15) is 6.54 Å². The van der Waals surface area contributed by atoms with Crippen molar-refractivity contribution in [1.29, 1.82) is 0 Å². The van der Waals surface area contributed by atoms with Gasteiger partial charge in [-0.15, -0.1) is 0 Å². The topological polar surface area (TPSA) is 78.3 Å². The lowest BCUT2D eigenvalue weighted by molar-refractivity contribution is -0.129. The molecule has 0 spiro atoms. The quantitative estimate of drug-likeness (QED) is 0.423. The Morgan fingerprint density at radius 2 is 2.53 bits per heavy atom. The van der Waals surface area contributed by atoms with Crippen molar-refractivity contribution in [3.05, 3.63) is 10.4 Å². The van der Waals surface area contributed by atoms with Gasteiger partial charge in [-0.1, -0.05) is 11.5 Å². The van der Waals surface area contributed by atoms with Crippen molar-refractivity contribution in [2.24, 2.45) is 16.4 Å². The van der Waals surface area contributed by atoms with Crippen molar-refractivity contribution < 1.29 is 9.53 Å². The van der Waals surface area contributed by atoms with Crippen LogP contribution < -0.4 is 0 Å². The third kappa shape index (κ3) is 2.23. The molecule has 2 fully saturated rings. The number of fused-ring (bicyclic) bond motifs is 1. The average Bonchev–Trinajstić information content (AvgIpc) is 2.82. The fourth-order valence-electron chi connectivity index (χ4n) is 3.32. The summed E-state index contributed by atoms with van der Waals surface area (Å²) < 4.78 is 5.32. The van der Waals surface area contributed by atoms with Gasteiger partial charge in [0.15, 0.2) is 0 Å². The van der Waals surface area contributed by atoms with E-state index in [9.17, 15) is 4.79 Å². The number of likely N-dealkylation sites (tertiary alicyclic amines) is 1. The fraction of sp³-hybridized carbons (Fsp3) is 0.909. The van der Waals surface area contributed by atoms with Gasteiger partial charge < -0.3 is 9.64 Å². The van der Waals surface area contributed by atoms with E-state index >= 15 is 0 Å². The molecule has 2 aliphatic rings. The standard InChI is InChI=1S/C11H18N4O2/c1-17-8-11-4-2-3-9(11)6-15(7-11)10(16)5-13-14-12/h9H,2-8H2,1H3/t9-,11-/m0/s1. The van der Waals surface area contributed by atoms with Crippen LogP contribution in [0, 0.1) is 11.3 Å². The van der Waals surface area contributed by atoms with E-state index in [-0.39, 0.29) is 17.9 Å². The summed E-state index contributed by atoms with van der Waals surface area (Å²) in [7, 11) is 1.72. The van der Waals surface area contributed by atoms with Gasteiger partial charge in [0.05, 0.1) is 6.61 Å². The molecule has 1 aliphatic heterocycles. The third-order valence-corrected chi connectivity index (χ3v) is 4.09. The van der Waals surface area contributed by atoms with E-state index in [1.165, 1.54) is 12.8 Å². The molecule has 6 heteroatoms. The third-order valence-electron chi connectivity index (χ3n) is 4.09. The highest BCUT2D eigenvalue weighted by atomic mass is 16.5. The van der Waals surface area contributed by atoms with E-state index in [1.54, 1.807) is 7.11 Å². The molecule has 1 heterocycles. The zero-order chi connectivity index (χ0) is 12.3. The van der Waals surface area contributed by atoms with Crippen LogP contribution >= 0.6 is 0 Å². The number of methoxy groups -OCH3 is 1. The summed E-state index contributed by atoms with van der Waals surface area (Å²) in [6.45, 7) is 2.21. The lowest BCUT2D eigenvalue weighted by atomic mass is 9.82. The highest BCUT2D eigenvalue weighted by Crippen LogP contribution is 2.48. The van der Waals surface area contributed by atoms with Gasteiger partial charge in [0, 0.05) is 30.5 Å². The predicted octanol–water partition coefficient (Wildman–Crippen LogP) is 1.57. The average molecular weight is 238 g/mol. The molecule has 94 valence electrons. The van der Waals surface area contributed by atoms with Gasteiger partial charge >= 0.3 is 0 Å². The smallest absolute Gasteiger partial charge is 0.228 e. The molecule has 0 bridgehead atoms. The van der Waals surface area contributed by atoms with E-state index in [0.717, 1.165) is 26.1 Å². The van der Waals surface area contributed by atoms with E-state index in [4.69, 9.17) is 10.3 Å². The molecule has 0 aromatic rings. The van der Waals surface area contributed by atoms with E-state index in [0.29, 0.717) is 5.92 Å². The number of nitrogens with zero attached hydrogens (tertiary/aromatic N) is 4. The van der Waals surface area contributed by atoms with Crippen LogP contribution in [0.4, 0.5) is 0 Å². The number of amides is 1. The van der Waals surface area contributed by atoms with Crippen molar-refractivity contribution in [3.63, 3.8) is 0 Å². The van der Waals surface area contributed by atoms with Gasteiger partial charge in [0.25, 0.3) is 0 Å². The molecule has 0 N–H and O–H groups in total. The molecular weight excluding hydrogens is 220 g/mol. The summed E-state index contributed by atoms with van der Waals surface area (Å²) >= 11 is 0. The Kier molecular flexibility index (Phi) is 3.54. The first-order valence-corrected chi connectivity index (χ1v) is 5.99. The number of ether oxygens (including phenoxy) is 1. The molecule has 6 nitrogen and oxygen atoms in total. The van der Waals surface area contributed by atoms with Crippen molar-refractivity contribution in [2.75, 3.05) is 33.4 Å².